The maximum atomic E-state index is 12.8. The van der Waals surface area contributed by atoms with Crippen molar-refractivity contribution in [2.24, 2.45) is 0 Å². The first kappa shape index (κ1) is 20.1. The van der Waals surface area contributed by atoms with Gasteiger partial charge in [-0.25, -0.2) is 0 Å². The molecule has 2 aromatic carbocycles. The number of carbonyl (C=O) groups is 2. The third-order valence-corrected chi connectivity index (χ3v) is 4.65. The lowest BCUT2D eigenvalue weighted by Crippen LogP contribution is -2.36. The fourth-order valence-electron chi connectivity index (χ4n) is 2.93. The molecule has 0 bridgehead atoms. The molecule has 148 valence electrons. The summed E-state index contributed by atoms with van der Waals surface area (Å²) in [5.74, 6) is -0.0910. The molecule has 1 aromatic heterocycles. The highest BCUT2D eigenvalue weighted by molar-refractivity contribution is 6.05. The molecule has 0 aliphatic rings. The van der Waals surface area contributed by atoms with E-state index in [1.807, 2.05) is 56.3 Å². The van der Waals surface area contributed by atoms with Gasteiger partial charge in [-0.15, -0.1) is 0 Å². The van der Waals surface area contributed by atoms with Gasteiger partial charge in [0.2, 0.25) is 0 Å². The molecule has 0 fully saturated rings. The zero-order valence-corrected chi connectivity index (χ0v) is 16.5. The lowest BCUT2D eigenvalue weighted by atomic mass is 10.0. The third-order valence-electron chi connectivity index (χ3n) is 4.65. The van der Waals surface area contributed by atoms with Gasteiger partial charge in [-0.05, 0) is 42.2 Å². The van der Waals surface area contributed by atoms with E-state index in [4.69, 9.17) is 4.42 Å². The van der Waals surface area contributed by atoms with Crippen LogP contribution in [0.25, 0.3) is 6.08 Å². The summed E-state index contributed by atoms with van der Waals surface area (Å²) < 4.78 is 5.31. The number of hydrogen-bond donors (Lipinski definition) is 2. The number of hydrogen-bond acceptors (Lipinski definition) is 3. The highest BCUT2D eigenvalue weighted by atomic mass is 16.3. The van der Waals surface area contributed by atoms with E-state index in [-0.39, 0.29) is 23.4 Å². The zero-order valence-electron chi connectivity index (χ0n) is 16.5. The van der Waals surface area contributed by atoms with Gasteiger partial charge >= 0.3 is 0 Å². The van der Waals surface area contributed by atoms with Crippen molar-refractivity contribution in [2.45, 2.75) is 19.8 Å². The Morgan fingerprint density at radius 3 is 2.41 bits per heavy atom. The van der Waals surface area contributed by atoms with Crippen molar-refractivity contribution in [1.82, 2.24) is 10.6 Å². The highest BCUT2D eigenvalue weighted by Gasteiger charge is 2.17. The second-order valence-corrected chi connectivity index (χ2v) is 6.86. The van der Waals surface area contributed by atoms with Crippen LogP contribution < -0.4 is 10.6 Å². The Balaban J connectivity index is 1.74. The van der Waals surface area contributed by atoms with Crippen LogP contribution in [0.1, 0.15) is 40.1 Å². The third kappa shape index (κ3) is 5.45. The molecule has 5 nitrogen and oxygen atoms in total. The molecule has 1 unspecified atom stereocenters. The summed E-state index contributed by atoms with van der Waals surface area (Å²) in [6, 6.07) is 20.6. The number of aryl methyl sites for hydroxylation is 1. The summed E-state index contributed by atoms with van der Waals surface area (Å²) in [6.07, 6.45) is 3.04. The summed E-state index contributed by atoms with van der Waals surface area (Å²) in [5.41, 5.74) is 2.62. The van der Waals surface area contributed by atoms with E-state index in [9.17, 15) is 9.59 Å². The van der Waals surface area contributed by atoms with Crippen molar-refractivity contribution in [2.75, 3.05) is 6.54 Å². The van der Waals surface area contributed by atoms with Crippen molar-refractivity contribution in [3.63, 3.8) is 0 Å². The molecule has 5 heteroatoms. The summed E-state index contributed by atoms with van der Waals surface area (Å²) in [5, 5.41) is 5.63. The quantitative estimate of drug-likeness (QED) is 0.594. The van der Waals surface area contributed by atoms with Crippen LogP contribution in [-0.2, 0) is 4.79 Å². The molecule has 0 radical (unpaired) electrons. The first-order valence-corrected chi connectivity index (χ1v) is 9.50. The Hall–Kier alpha value is -3.60. The minimum Gasteiger partial charge on any atom is -0.465 e. The van der Waals surface area contributed by atoms with Gasteiger partial charge in [0.25, 0.3) is 11.8 Å². The minimum absolute atomic E-state index is 0.133. The normalized spacial score (nSPS) is 12.3. The molecule has 3 aromatic rings. The Morgan fingerprint density at radius 1 is 1.00 bits per heavy atom. The molecular weight excluding hydrogens is 364 g/mol. The number of carbonyl (C=O) groups excluding carboxylic acids is 2. The van der Waals surface area contributed by atoms with Crippen LogP contribution in [0, 0.1) is 6.92 Å². The molecule has 2 amide bonds. The van der Waals surface area contributed by atoms with Crippen molar-refractivity contribution >= 4 is 17.9 Å². The van der Waals surface area contributed by atoms with E-state index in [0.29, 0.717) is 17.9 Å². The van der Waals surface area contributed by atoms with Crippen LogP contribution in [0.3, 0.4) is 0 Å². The second-order valence-electron chi connectivity index (χ2n) is 6.86. The van der Waals surface area contributed by atoms with Gasteiger partial charge in [-0.3, -0.25) is 9.59 Å². The van der Waals surface area contributed by atoms with E-state index in [0.717, 1.165) is 11.1 Å². The van der Waals surface area contributed by atoms with Gasteiger partial charge in [0.05, 0.1) is 6.26 Å². The van der Waals surface area contributed by atoms with Crippen molar-refractivity contribution in [1.29, 1.82) is 0 Å². The molecule has 0 saturated carbocycles. The van der Waals surface area contributed by atoms with Crippen molar-refractivity contribution in [3.05, 3.63) is 101 Å². The number of amides is 2. The SMILES string of the molecule is Cc1ccccc1C(=O)N/C(=C\c1ccco1)C(=O)NCC(C)c1ccccc1. The predicted octanol–water partition coefficient (Wildman–Crippen LogP) is 4.28. The van der Waals surface area contributed by atoms with Gasteiger partial charge in [0.1, 0.15) is 11.5 Å². The fraction of sp³-hybridized carbons (Fsp3) is 0.167. The van der Waals surface area contributed by atoms with Crippen molar-refractivity contribution in [3.8, 4) is 0 Å². The Bertz CT molecular complexity index is 992. The fourth-order valence-corrected chi connectivity index (χ4v) is 2.93. The monoisotopic (exact) mass is 388 g/mol. The Morgan fingerprint density at radius 2 is 1.72 bits per heavy atom. The summed E-state index contributed by atoms with van der Waals surface area (Å²) in [6.45, 7) is 4.34. The summed E-state index contributed by atoms with van der Waals surface area (Å²) >= 11 is 0. The van der Waals surface area contributed by atoms with Crippen molar-refractivity contribution < 1.29 is 14.0 Å². The average Bonchev–Trinajstić information content (AvgIpc) is 3.25. The van der Waals surface area contributed by atoms with E-state index in [1.165, 1.54) is 12.3 Å². The van der Waals surface area contributed by atoms with Crippen LogP contribution in [-0.4, -0.2) is 18.4 Å². The molecule has 29 heavy (non-hydrogen) atoms. The lowest BCUT2D eigenvalue weighted by molar-refractivity contribution is -0.117. The Labute approximate surface area is 170 Å². The second kappa shape index (κ2) is 9.55. The van der Waals surface area contributed by atoms with E-state index < -0.39 is 0 Å². The van der Waals surface area contributed by atoms with Crippen LogP contribution in [0.5, 0.6) is 0 Å². The zero-order chi connectivity index (χ0) is 20.6. The highest BCUT2D eigenvalue weighted by Crippen LogP contribution is 2.14. The van der Waals surface area contributed by atoms with Crippen LogP contribution in [0.2, 0.25) is 0 Å². The lowest BCUT2D eigenvalue weighted by Gasteiger charge is -2.15. The maximum absolute atomic E-state index is 12.8. The first-order valence-electron chi connectivity index (χ1n) is 9.50. The largest absolute Gasteiger partial charge is 0.465 e. The smallest absolute Gasteiger partial charge is 0.267 e. The topological polar surface area (TPSA) is 71.3 Å². The minimum atomic E-state index is -0.369. The average molecular weight is 388 g/mol. The molecule has 1 atom stereocenters. The van der Waals surface area contributed by atoms with E-state index in [1.54, 1.807) is 24.3 Å². The maximum Gasteiger partial charge on any atom is 0.267 e. The summed E-state index contributed by atoms with van der Waals surface area (Å²) in [4.78, 5) is 25.5. The van der Waals surface area contributed by atoms with Gasteiger partial charge in [0.15, 0.2) is 0 Å². The van der Waals surface area contributed by atoms with Crippen LogP contribution in [0.4, 0.5) is 0 Å². The van der Waals surface area contributed by atoms with E-state index in [2.05, 4.69) is 10.6 Å². The number of nitrogens with one attached hydrogen (secondary N) is 2. The number of furan rings is 1. The molecular formula is C24H24N2O3. The molecule has 1 heterocycles. The molecule has 3 rings (SSSR count). The first-order chi connectivity index (χ1) is 14.0. The van der Waals surface area contributed by atoms with Gasteiger partial charge < -0.3 is 15.1 Å². The predicted molar refractivity (Wildman–Crippen MR) is 113 cm³/mol. The molecule has 0 spiro atoms. The number of rotatable bonds is 7. The van der Waals surface area contributed by atoms with Gasteiger partial charge in [-0.1, -0.05) is 55.5 Å². The van der Waals surface area contributed by atoms with E-state index >= 15 is 0 Å². The Kier molecular flexibility index (Phi) is 6.63. The van der Waals surface area contributed by atoms with Gasteiger partial charge in [-0.2, -0.15) is 0 Å². The molecule has 0 saturated heterocycles. The van der Waals surface area contributed by atoms with Gasteiger partial charge in [0, 0.05) is 18.2 Å². The summed E-state index contributed by atoms with van der Waals surface area (Å²) in [7, 11) is 0. The molecule has 0 aliphatic carbocycles. The standard InChI is InChI=1S/C24H24N2O3/c1-17-9-6-7-13-21(17)23(27)26-22(15-20-12-8-14-29-20)24(28)25-16-18(2)19-10-4-3-5-11-19/h3-15,18H,16H2,1-2H3,(H,25,28)(H,26,27)/b22-15-. The molecule has 0 aliphatic heterocycles. The van der Waals surface area contributed by atoms with Crippen LogP contribution >= 0.6 is 0 Å². The molecule has 2 N–H and O–H groups in total. The van der Waals surface area contributed by atoms with Crippen LogP contribution in [0.15, 0.2) is 83.1 Å². The number of benzene rings is 2.